The van der Waals surface area contributed by atoms with Gasteiger partial charge in [-0.05, 0) is 31.0 Å². The van der Waals surface area contributed by atoms with E-state index in [0.717, 1.165) is 0 Å². The summed E-state index contributed by atoms with van der Waals surface area (Å²) in [5, 5.41) is 2.59. The topological polar surface area (TPSA) is 15.8 Å². The normalized spacial score (nSPS) is 11.3. The molecule has 3 aromatic carbocycles. The first-order chi connectivity index (χ1) is 10.2. The van der Waals surface area contributed by atoms with Crippen LogP contribution in [0.4, 0.5) is 0 Å². The molecule has 102 valence electrons. The molecule has 1 heteroatoms. The van der Waals surface area contributed by atoms with Gasteiger partial charge in [0.25, 0.3) is 0 Å². The molecule has 0 spiro atoms. The predicted molar refractivity (Wildman–Crippen MR) is 90.7 cm³/mol. The molecule has 4 rings (SSSR count). The Bertz CT molecular complexity index is 960. The molecule has 0 unspecified atom stereocenters. The van der Waals surface area contributed by atoms with Gasteiger partial charge in [-0.1, -0.05) is 60.2 Å². The average Bonchev–Trinajstić information content (AvgIpc) is 2.86. The summed E-state index contributed by atoms with van der Waals surface area (Å²) in [7, 11) is 0. The lowest BCUT2D eigenvalue weighted by Gasteiger charge is -2.08. The van der Waals surface area contributed by atoms with Gasteiger partial charge in [0.15, 0.2) is 0 Å². The van der Waals surface area contributed by atoms with Gasteiger partial charge in [-0.2, -0.15) is 0 Å². The summed E-state index contributed by atoms with van der Waals surface area (Å²) in [5.74, 6) is 0. The van der Waals surface area contributed by atoms with Crippen molar-refractivity contribution in [1.29, 1.82) is 0 Å². The van der Waals surface area contributed by atoms with Gasteiger partial charge in [0, 0.05) is 21.9 Å². The average molecular weight is 271 g/mol. The van der Waals surface area contributed by atoms with E-state index in [1.165, 1.54) is 44.1 Å². The summed E-state index contributed by atoms with van der Waals surface area (Å²) in [6.45, 7) is 4.32. The highest BCUT2D eigenvalue weighted by Crippen LogP contribution is 2.34. The third-order valence-corrected chi connectivity index (χ3v) is 4.21. The Morgan fingerprint density at radius 2 is 1.52 bits per heavy atom. The van der Waals surface area contributed by atoms with E-state index in [0.29, 0.717) is 0 Å². The van der Waals surface area contributed by atoms with Crippen molar-refractivity contribution in [3.8, 4) is 11.1 Å². The van der Waals surface area contributed by atoms with Crippen LogP contribution in [0.5, 0.6) is 0 Å². The molecular weight excluding hydrogens is 254 g/mol. The molecule has 0 amide bonds. The maximum atomic E-state index is 3.59. The third kappa shape index (κ3) is 1.85. The number of aromatic nitrogens is 1. The van der Waals surface area contributed by atoms with Crippen molar-refractivity contribution in [2.45, 2.75) is 13.8 Å². The summed E-state index contributed by atoms with van der Waals surface area (Å²) < 4.78 is 0. The Morgan fingerprint density at radius 3 is 2.38 bits per heavy atom. The molecule has 0 bridgehead atoms. The van der Waals surface area contributed by atoms with Crippen molar-refractivity contribution in [3.05, 3.63) is 71.8 Å². The zero-order valence-corrected chi connectivity index (χ0v) is 12.3. The van der Waals surface area contributed by atoms with E-state index in [4.69, 9.17) is 0 Å². The standard InChI is InChI=1S/C20H17N/c1-13-10-11-15(14(2)12-13)17-7-5-8-18-16-6-3-4-9-19(16)21-20(17)18/h3-12,21H,1-2H3. The smallest absolute Gasteiger partial charge is 0.0544 e. The highest BCUT2D eigenvalue weighted by molar-refractivity contribution is 6.11. The Balaban J connectivity index is 2.09. The van der Waals surface area contributed by atoms with Crippen molar-refractivity contribution < 1.29 is 0 Å². The van der Waals surface area contributed by atoms with Gasteiger partial charge < -0.3 is 4.98 Å². The molecule has 0 aliphatic rings. The molecular formula is C20H17N. The maximum absolute atomic E-state index is 3.59. The first-order valence-electron chi connectivity index (χ1n) is 7.31. The highest BCUT2D eigenvalue weighted by Gasteiger charge is 2.10. The molecule has 1 aromatic heterocycles. The zero-order valence-electron chi connectivity index (χ0n) is 12.3. The fraction of sp³-hybridized carbons (Fsp3) is 0.100. The van der Waals surface area contributed by atoms with E-state index in [-0.39, 0.29) is 0 Å². The number of fused-ring (bicyclic) bond motifs is 3. The van der Waals surface area contributed by atoms with Gasteiger partial charge in [-0.3, -0.25) is 0 Å². The molecule has 0 fully saturated rings. The van der Waals surface area contributed by atoms with Crippen LogP contribution in [0.25, 0.3) is 32.9 Å². The largest absolute Gasteiger partial charge is 0.354 e. The highest BCUT2D eigenvalue weighted by atomic mass is 14.7. The summed E-state index contributed by atoms with van der Waals surface area (Å²) in [6.07, 6.45) is 0. The third-order valence-electron chi connectivity index (χ3n) is 4.21. The lowest BCUT2D eigenvalue weighted by atomic mass is 9.97. The van der Waals surface area contributed by atoms with Crippen LogP contribution in [-0.4, -0.2) is 4.98 Å². The first-order valence-corrected chi connectivity index (χ1v) is 7.31. The first kappa shape index (κ1) is 12.2. The van der Waals surface area contributed by atoms with Gasteiger partial charge in [-0.25, -0.2) is 0 Å². The molecule has 1 N–H and O–H groups in total. The van der Waals surface area contributed by atoms with E-state index in [2.05, 4.69) is 79.5 Å². The molecule has 1 nitrogen and oxygen atoms in total. The summed E-state index contributed by atoms with van der Waals surface area (Å²) in [6, 6.07) is 21.7. The van der Waals surface area contributed by atoms with E-state index in [1.807, 2.05) is 0 Å². The summed E-state index contributed by atoms with van der Waals surface area (Å²) in [5.41, 5.74) is 7.63. The fourth-order valence-corrected chi connectivity index (χ4v) is 3.21. The van der Waals surface area contributed by atoms with Crippen LogP contribution >= 0.6 is 0 Å². The van der Waals surface area contributed by atoms with Crippen molar-refractivity contribution in [3.63, 3.8) is 0 Å². The van der Waals surface area contributed by atoms with E-state index >= 15 is 0 Å². The van der Waals surface area contributed by atoms with Crippen LogP contribution in [-0.2, 0) is 0 Å². The number of H-pyrrole nitrogens is 1. The van der Waals surface area contributed by atoms with E-state index in [9.17, 15) is 0 Å². The molecule has 1 heterocycles. The Kier molecular flexibility index (Phi) is 2.61. The Labute approximate surface area is 124 Å². The van der Waals surface area contributed by atoms with Crippen molar-refractivity contribution >= 4 is 21.8 Å². The number of rotatable bonds is 1. The van der Waals surface area contributed by atoms with Crippen molar-refractivity contribution in [2.75, 3.05) is 0 Å². The molecule has 4 aromatic rings. The molecule has 0 atom stereocenters. The number of nitrogens with one attached hydrogen (secondary N) is 1. The lowest BCUT2D eigenvalue weighted by Crippen LogP contribution is -1.86. The number of hydrogen-bond acceptors (Lipinski definition) is 0. The summed E-state index contributed by atoms with van der Waals surface area (Å²) >= 11 is 0. The Morgan fingerprint density at radius 1 is 0.714 bits per heavy atom. The molecule has 21 heavy (non-hydrogen) atoms. The van der Waals surface area contributed by atoms with Crippen molar-refractivity contribution in [2.24, 2.45) is 0 Å². The van der Waals surface area contributed by atoms with Gasteiger partial charge in [-0.15, -0.1) is 0 Å². The van der Waals surface area contributed by atoms with Crippen LogP contribution in [0.3, 0.4) is 0 Å². The number of benzene rings is 3. The maximum Gasteiger partial charge on any atom is 0.0544 e. The summed E-state index contributed by atoms with van der Waals surface area (Å²) in [4.78, 5) is 3.59. The van der Waals surface area contributed by atoms with E-state index < -0.39 is 0 Å². The van der Waals surface area contributed by atoms with Crippen molar-refractivity contribution in [1.82, 2.24) is 4.98 Å². The SMILES string of the molecule is Cc1ccc(-c2cccc3c2[nH]c2ccccc23)c(C)c1. The molecule has 0 radical (unpaired) electrons. The number of aromatic amines is 1. The van der Waals surface area contributed by atoms with Crippen LogP contribution in [0.2, 0.25) is 0 Å². The molecule has 0 aliphatic heterocycles. The minimum atomic E-state index is 1.20. The monoisotopic (exact) mass is 271 g/mol. The Hall–Kier alpha value is -2.54. The zero-order chi connectivity index (χ0) is 14.4. The van der Waals surface area contributed by atoms with E-state index in [1.54, 1.807) is 0 Å². The lowest BCUT2D eigenvalue weighted by molar-refractivity contribution is 1.38. The predicted octanol–water partition coefficient (Wildman–Crippen LogP) is 5.60. The fourth-order valence-electron chi connectivity index (χ4n) is 3.21. The van der Waals surface area contributed by atoms with Crippen LogP contribution < -0.4 is 0 Å². The van der Waals surface area contributed by atoms with Gasteiger partial charge >= 0.3 is 0 Å². The second kappa shape index (κ2) is 4.49. The minimum Gasteiger partial charge on any atom is -0.354 e. The molecule has 0 saturated heterocycles. The number of hydrogen-bond donors (Lipinski definition) is 1. The van der Waals surface area contributed by atoms with Gasteiger partial charge in [0.1, 0.15) is 0 Å². The van der Waals surface area contributed by atoms with Gasteiger partial charge in [0.2, 0.25) is 0 Å². The van der Waals surface area contributed by atoms with Crippen LogP contribution in [0.15, 0.2) is 60.7 Å². The van der Waals surface area contributed by atoms with Crippen LogP contribution in [0.1, 0.15) is 11.1 Å². The number of para-hydroxylation sites is 2. The van der Waals surface area contributed by atoms with Gasteiger partial charge in [0.05, 0.1) is 5.52 Å². The number of aryl methyl sites for hydroxylation is 2. The molecule has 0 saturated carbocycles. The quantitative estimate of drug-likeness (QED) is 0.463. The second-order valence-corrected chi connectivity index (χ2v) is 5.72. The minimum absolute atomic E-state index is 1.20. The second-order valence-electron chi connectivity index (χ2n) is 5.72. The molecule has 0 aliphatic carbocycles. The van der Waals surface area contributed by atoms with Crippen LogP contribution in [0, 0.1) is 13.8 Å².